The number of thiol groups is 1. The molecule has 0 radical (unpaired) electrons. The van der Waals surface area contributed by atoms with Crippen molar-refractivity contribution in [3.05, 3.63) is 0 Å². The highest BCUT2D eigenvalue weighted by Crippen LogP contribution is 2.08. The molecule has 0 spiro atoms. The van der Waals surface area contributed by atoms with Gasteiger partial charge in [-0.25, -0.2) is 4.99 Å². The molecule has 3 nitrogen and oxygen atoms in total. The Balaban J connectivity index is 4.01. The molecule has 0 aromatic carbocycles. The van der Waals surface area contributed by atoms with Crippen LogP contribution in [0.3, 0.4) is 0 Å². The number of rotatable bonds is 2. The van der Waals surface area contributed by atoms with E-state index < -0.39 is 0 Å². The molecule has 0 saturated heterocycles. The van der Waals surface area contributed by atoms with Crippen LogP contribution in [0.15, 0.2) is 4.99 Å². The summed E-state index contributed by atoms with van der Waals surface area (Å²) in [5, 5.41) is 0. The predicted octanol–water partition coefficient (Wildman–Crippen LogP) is -0.0318. The van der Waals surface area contributed by atoms with E-state index in [1.807, 2.05) is 13.8 Å². The van der Waals surface area contributed by atoms with Gasteiger partial charge in [0.05, 0.1) is 5.54 Å². The van der Waals surface area contributed by atoms with Crippen molar-refractivity contribution in [2.24, 2.45) is 16.5 Å². The minimum Gasteiger partial charge on any atom is -0.370 e. The molecule has 4 heteroatoms. The van der Waals surface area contributed by atoms with Crippen LogP contribution in [0.4, 0.5) is 0 Å². The third kappa shape index (κ3) is 4.14. The fourth-order valence-electron chi connectivity index (χ4n) is 0.385. The zero-order valence-electron chi connectivity index (χ0n) is 5.76. The molecule has 0 bridgehead atoms. The van der Waals surface area contributed by atoms with Gasteiger partial charge in [0, 0.05) is 5.75 Å². The van der Waals surface area contributed by atoms with Crippen molar-refractivity contribution in [1.82, 2.24) is 0 Å². The Morgan fingerprint density at radius 3 is 2.11 bits per heavy atom. The van der Waals surface area contributed by atoms with Crippen LogP contribution >= 0.6 is 12.6 Å². The second-order valence-electron chi connectivity index (χ2n) is 2.51. The molecule has 0 rings (SSSR count). The van der Waals surface area contributed by atoms with E-state index in [2.05, 4.69) is 17.6 Å². The highest BCUT2D eigenvalue weighted by molar-refractivity contribution is 7.80. The van der Waals surface area contributed by atoms with Crippen molar-refractivity contribution in [3.63, 3.8) is 0 Å². The largest absolute Gasteiger partial charge is 0.370 e. The Morgan fingerprint density at radius 2 is 2.00 bits per heavy atom. The van der Waals surface area contributed by atoms with E-state index in [0.29, 0.717) is 5.75 Å². The van der Waals surface area contributed by atoms with Gasteiger partial charge in [-0.3, -0.25) is 0 Å². The maximum Gasteiger partial charge on any atom is 0.186 e. The van der Waals surface area contributed by atoms with Gasteiger partial charge in [-0.05, 0) is 13.8 Å². The quantitative estimate of drug-likeness (QED) is 0.292. The summed E-state index contributed by atoms with van der Waals surface area (Å²) in [6.45, 7) is 3.83. The zero-order chi connectivity index (χ0) is 7.49. The molecule has 0 aromatic heterocycles. The smallest absolute Gasteiger partial charge is 0.186 e. The first-order valence-corrected chi connectivity index (χ1v) is 3.33. The van der Waals surface area contributed by atoms with E-state index in [1.165, 1.54) is 0 Å². The zero-order valence-corrected chi connectivity index (χ0v) is 6.65. The molecule has 0 fully saturated rings. The molecule has 54 valence electrons. The van der Waals surface area contributed by atoms with Crippen LogP contribution in [0.2, 0.25) is 0 Å². The summed E-state index contributed by atoms with van der Waals surface area (Å²) in [4.78, 5) is 3.92. The average molecular weight is 147 g/mol. The van der Waals surface area contributed by atoms with E-state index in [4.69, 9.17) is 11.5 Å². The molecule has 4 N–H and O–H groups in total. The van der Waals surface area contributed by atoms with E-state index >= 15 is 0 Å². The summed E-state index contributed by atoms with van der Waals surface area (Å²) in [6, 6.07) is 0. The highest BCUT2D eigenvalue weighted by Gasteiger charge is 2.12. The second kappa shape index (κ2) is 2.96. The number of aliphatic imine (C=N–C) groups is 1. The fourth-order valence-corrected chi connectivity index (χ4v) is 0.456. The number of nitrogens with two attached hydrogens (primary N) is 2. The predicted molar refractivity (Wildman–Crippen MR) is 43.7 cm³/mol. The van der Waals surface area contributed by atoms with E-state index in [1.54, 1.807) is 0 Å². The summed E-state index contributed by atoms with van der Waals surface area (Å²) >= 11 is 4.06. The molecule has 9 heavy (non-hydrogen) atoms. The maximum atomic E-state index is 5.15. The van der Waals surface area contributed by atoms with Gasteiger partial charge in [0.1, 0.15) is 0 Å². The molecule has 0 saturated carbocycles. The van der Waals surface area contributed by atoms with Gasteiger partial charge in [-0.1, -0.05) is 0 Å². The summed E-state index contributed by atoms with van der Waals surface area (Å²) in [7, 11) is 0. The summed E-state index contributed by atoms with van der Waals surface area (Å²) < 4.78 is 0. The number of guanidine groups is 1. The minimum atomic E-state index is -0.234. The molecule has 0 aliphatic rings. The lowest BCUT2D eigenvalue weighted by atomic mass is 10.1. The Hall–Kier alpha value is -0.380. The first kappa shape index (κ1) is 8.62. The fraction of sp³-hybridized carbons (Fsp3) is 0.800. The van der Waals surface area contributed by atoms with Gasteiger partial charge in [-0.15, -0.1) is 0 Å². The molecule has 0 aliphatic heterocycles. The Kier molecular flexibility index (Phi) is 2.84. The molecule has 0 amide bonds. The van der Waals surface area contributed by atoms with E-state index in [9.17, 15) is 0 Å². The summed E-state index contributed by atoms with van der Waals surface area (Å²) in [6.07, 6.45) is 0. The second-order valence-corrected chi connectivity index (χ2v) is 2.82. The lowest BCUT2D eigenvalue weighted by Gasteiger charge is -2.15. The van der Waals surface area contributed by atoms with Crippen LogP contribution < -0.4 is 11.5 Å². The molecular weight excluding hydrogens is 134 g/mol. The van der Waals surface area contributed by atoms with E-state index in [0.717, 1.165) is 0 Å². The topological polar surface area (TPSA) is 64.4 Å². The molecule has 0 atom stereocenters. The van der Waals surface area contributed by atoms with Crippen LogP contribution in [-0.2, 0) is 0 Å². The summed E-state index contributed by atoms with van der Waals surface area (Å²) in [5.41, 5.74) is 10.1. The number of nitrogens with zero attached hydrogens (tertiary/aromatic N) is 1. The molecule has 0 aliphatic carbocycles. The number of hydrogen-bond acceptors (Lipinski definition) is 2. The van der Waals surface area contributed by atoms with Crippen LogP contribution in [0.1, 0.15) is 13.8 Å². The van der Waals surface area contributed by atoms with Gasteiger partial charge in [-0.2, -0.15) is 12.6 Å². The lowest BCUT2D eigenvalue weighted by molar-refractivity contribution is 0.594. The standard InChI is InChI=1S/C5H13N3S/c1-5(2,3-9)8-4(6)7/h9H,3H2,1-2H3,(H4,6,7,8). The van der Waals surface area contributed by atoms with Crippen LogP contribution in [0.5, 0.6) is 0 Å². The van der Waals surface area contributed by atoms with Crippen molar-refractivity contribution < 1.29 is 0 Å². The third-order valence-corrected chi connectivity index (χ3v) is 1.59. The monoisotopic (exact) mass is 147 g/mol. The molecular formula is C5H13N3S. The van der Waals surface area contributed by atoms with Gasteiger partial charge in [0.15, 0.2) is 5.96 Å². The van der Waals surface area contributed by atoms with Gasteiger partial charge in [0.2, 0.25) is 0 Å². The Labute approximate surface area is 60.9 Å². The van der Waals surface area contributed by atoms with Crippen molar-refractivity contribution >= 4 is 18.6 Å². The van der Waals surface area contributed by atoms with E-state index in [-0.39, 0.29) is 11.5 Å². The average Bonchev–Trinajstić information content (AvgIpc) is 1.63. The molecule has 0 heterocycles. The lowest BCUT2D eigenvalue weighted by Crippen LogP contribution is -2.30. The number of hydrogen-bond donors (Lipinski definition) is 3. The molecule has 0 unspecified atom stereocenters. The van der Waals surface area contributed by atoms with Crippen molar-refractivity contribution in [1.29, 1.82) is 0 Å². The van der Waals surface area contributed by atoms with Gasteiger partial charge < -0.3 is 11.5 Å². The normalized spacial score (nSPS) is 11.0. The summed E-state index contributed by atoms with van der Waals surface area (Å²) in [5.74, 6) is 0.763. The highest BCUT2D eigenvalue weighted by atomic mass is 32.1. The first-order valence-electron chi connectivity index (χ1n) is 2.69. The Morgan fingerprint density at radius 1 is 1.56 bits per heavy atom. The van der Waals surface area contributed by atoms with Gasteiger partial charge >= 0.3 is 0 Å². The maximum absolute atomic E-state index is 5.15. The van der Waals surface area contributed by atoms with Gasteiger partial charge in [0.25, 0.3) is 0 Å². The van der Waals surface area contributed by atoms with Crippen molar-refractivity contribution in [3.8, 4) is 0 Å². The van der Waals surface area contributed by atoms with Crippen LogP contribution in [0.25, 0.3) is 0 Å². The SMILES string of the molecule is CC(C)(CS)N=C(N)N. The van der Waals surface area contributed by atoms with Crippen molar-refractivity contribution in [2.75, 3.05) is 5.75 Å². The van der Waals surface area contributed by atoms with Crippen molar-refractivity contribution in [2.45, 2.75) is 19.4 Å². The minimum absolute atomic E-state index is 0.119. The third-order valence-electron chi connectivity index (χ3n) is 0.819. The molecule has 0 aromatic rings. The first-order chi connectivity index (χ1) is 3.98. The Bertz CT molecular complexity index is 115. The van der Waals surface area contributed by atoms with Crippen LogP contribution in [0, 0.1) is 0 Å². The van der Waals surface area contributed by atoms with Crippen LogP contribution in [-0.4, -0.2) is 17.3 Å².